The van der Waals surface area contributed by atoms with Crippen LogP contribution < -0.4 is 5.73 Å². The molecular weight excluding hydrogens is 192 g/mol. The van der Waals surface area contributed by atoms with Crippen molar-refractivity contribution >= 4 is 11.3 Å². The molecule has 0 saturated carbocycles. The zero-order valence-corrected chi connectivity index (χ0v) is 9.46. The standard InChI is InChI=1S/C11H18N2S/c1-13-6-3-2-4-10(13)11(12)9-5-7-14-8-9/h5,7-8,10-11H,2-4,6,12H2,1H3. The molecule has 1 aromatic heterocycles. The first-order valence-corrected chi connectivity index (χ1v) is 6.21. The van der Waals surface area contributed by atoms with Gasteiger partial charge in [0.25, 0.3) is 0 Å². The first kappa shape index (κ1) is 10.1. The van der Waals surface area contributed by atoms with Crippen molar-refractivity contribution in [2.45, 2.75) is 31.3 Å². The molecule has 2 unspecified atom stereocenters. The maximum atomic E-state index is 6.27. The first-order valence-electron chi connectivity index (χ1n) is 5.27. The largest absolute Gasteiger partial charge is 0.323 e. The number of nitrogens with two attached hydrogens (primary N) is 1. The third-order valence-corrected chi connectivity index (χ3v) is 3.87. The Balaban J connectivity index is 2.06. The SMILES string of the molecule is CN1CCCCC1C(N)c1ccsc1. The summed E-state index contributed by atoms with van der Waals surface area (Å²) in [5.74, 6) is 0. The lowest BCUT2D eigenvalue weighted by Crippen LogP contribution is -2.43. The van der Waals surface area contributed by atoms with Crippen LogP contribution in [-0.2, 0) is 0 Å². The molecule has 1 fully saturated rings. The third kappa shape index (κ3) is 2.00. The van der Waals surface area contributed by atoms with Crippen molar-refractivity contribution in [1.82, 2.24) is 4.90 Å². The van der Waals surface area contributed by atoms with E-state index in [0.717, 1.165) is 0 Å². The van der Waals surface area contributed by atoms with E-state index >= 15 is 0 Å². The number of nitrogens with zero attached hydrogens (tertiary/aromatic N) is 1. The molecule has 2 rings (SSSR count). The van der Waals surface area contributed by atoms with Gasteiger partial charge in [0, 0.05) is 12.1 Å². The summed E-state index contributed by atoms with van der Waals surface area (Å²) in [7, 11) is 2.19. The predicted molar refractivity (Wildman–Crippen MR) is 61.5 cm³/mol. The Morgan fingerprint density at radius 3 is 3.07 bits per heavy atom. The summed E-state index contributed by atoms with van der Waals surface area (Å²) in [5, 5.41) is 4.28. The average molecular weight is 210 g/mol. The van der Waals surface area contributed by atoms with E-state index in [9.17, 15) is 0 Å². The minimum absolute atomic E-state index is 0.201. The molecule has 2 N–H and O–H groups in total. The third-order valence-electron chi connectivity index (χ3n) is 3.17. The highest BCUT2D eigenvalue weighted by molar-refractivity contribution is 7.07. The quantitative estimate of drug-likeness (QED) is 0.811. The van der Waals surface area contributed by atoms with Gasteiger partial charge in [-0.15, -0.1) is 0 Å². The topological polar surface area (TPSA) is 29.3 Å². The summed E-state index contributed by atoms with van der Waals surface area (Å²) in [5.41, 5.74) is 7.57. The second-order valence-corrected chi connectivity index (χ2v) is 4.91. The van der Waals surface area contributed by atoms with Crippen LogP contribution in [0, 0.1) is 0 Å². The van der Waals surface area contributed by atoms with Gasteiger partial charge in [0.2, 0.25) is 0 Å². The van der Waals surface area contributed by atoms with Gasteiger partial charge in [-0.2, -0.15) is 11.3 Å². The molecule has 0 radical (unpaired) electrons. The minimum Gasteiger partial charge on any atom is -0.323 e. The molecule has 14 heavy (non-hydrogen) atoms. The van der Waals surface area contributed by atoms with Gasteiger partial charge in [0.05, 0.1) is 0 Å². The fourth-order valence-corrected chi connectivity index (χ4v) is 2.95. The van der Waals surface area contributed by atoms with Gasteiger partial charge in [-0.1, -0.05) is 6.42 Å². The molecule has 2 nitrogen and oxygen atoms in total. The Morgan fingerprint density at radius 1 is 1.57 bits per heavy atom. The molecule has 1 aromatic rings. The van der Waals surface area contributed by atoms with E-state index in [-0.39, 0.29) is 6.04 Å². The molecule has 2 atom stereocenters. The monoisotopic (exact) mass is 210 g/mol. The van der Waals surface area contributed by atoms with Crippen molar-refractivity contribution < 1.29 is 0 Å². The Hall–Kier alpha value is -0.380. The fraction of sp³-hybridized carbons (Fsp3) is 0.636. The Kier molecular flexibility index (Phi) is 3.21. The number of thiophene rings is 1. The van der Waals surface area contributed by atoms with Crippen LogP contribution in [0.2, 0.25) is 0 Å². The number of likely N-dealkylation sites (tertiary alicyclic amines) is 1. The van der Waals surface area contributed by atoms with E-state index in [1.807, 2.05) is 0 Å². The number of likely N-dealkylation sites (N-methyl/N-ethyl adjacent to an activating group) is 1. The highest BCUT2D eigenvalue weighted by Crippen LogP contribution is 2.26. The average Bonchev–Trinajstić information content (AvgIpc) is 2.70. The normalized spacial score (nSPS) is 26.3. The molecule has 0 spiro atoms. The molecule has 0 aliphatic carbocycles. The van der Waals surface area contributed by atoms with Crippen LogP contribution in [0.4, 0.5) is 0 Å². The van der Waals surface area contributed by atoms with E-state index in [1.165, 1.54) is 31.4 Å². The van der Waals surface area contributed by atoms with Crippen LogP contribution in [0.1, 0.15) is 30.9 Å². The summed E-state index contributed by atoms with van der Waals surface area (Å²) in [6.07, 6.45) is 3.89. The van der Waals surface area contributed by atoms with Crippen molar-refractivity contribution in [2.24, 2.45) is 5.73 Å². The van der Waals surface area contributed by atoms with Crippen LogP contribution in [0.15, 0.2) is 16.8 Å². The Morgan fingerprint density at radius 2 is 2.43 bits per heavy atom. The summed E-state index contributed by atoms with van der Waals surface area (Å²) in [4.78, 5) is 2.41. The van der Waals surface area contributed by atoms with Crippen molar-refractivity contribution in [1.29, 1.82) is 0 Å². The highest BCUT2D eigenvalue weighted by Gasteiger charge is 2.25. The fourth-order valence-electron chi connectivity index (χ4n) is 2.24. The zero-order chi connectivity index (χ0) is 9.97. The van der Waals surface area contributed by atoms with Crippen molar-refractivity contribution in [3.05, 3.63) is 22.4 Å². The van der Waals surface area contributed by atoms with E-state index in [1.54, 1.807) is 11.3 Å². The smallest absolute Gasteiger partial charge is 0.0461 e. The van der Waals surface area contributed by atoms with E-state index in [4.69, 9.17) is 5.73 Å². The molecular formula is C11H18N2S. The van der Waals surface area contributed by atoms with Gasteiger partial charge in [-0.3, -0.25) is 0 Å². The minimum atomic E-state index is 0.201. The van der Waals surface area contributed by atoms with E-state index in [2.05, 4.69) is 28.8 Å². The van der Waals surface area contributed by atoms with Crippen LogP contribution in [0.25, 0.3) is 0 Å². The molecule has 0 bridgehead atoms. The molecule has 0 aromatic carbocycles. The number of hydrogen-bond acceptors (Lipinski definition) is 3. The summed E-state index contributed by atoms with van der Waals surface area (Å²) in [6, 6.07) is 2.89. The van der Waals surface area contributed by atoms with Crippen LogP contribution >= 0.6 is 11.3 Å². The Labute approximate surface area is 89.7 Å². The van der Waals surface area contributed by atoms with Crippen molar-refractivity contribution in [2.75, 3.05) is 13.6 Å². The maximum absolute atomic E-state index is 6.27. The van der Waals surface area contributed by atoms with Crippen LogP contribution in [0.5, 0.6) is 0 Å². The molecule has 3 heteroatoms. The molecule has 1 aliphatic rings. The van der Waals surface area contributed by atoms with Gasteiger partial charge in [0.1, 0.15) is 0 Å². The van der Waals surface area contributed by atoms with Gasteiger partial charge in [0.15, 0.2) is 0 Å². The highest BCUT2D eigenvalue weighted by atomic mass is 32.1. The molecule has 1 saturated heterocycles. The maximum Gasteiger partial charge on any atom is 0.0461 e. The lowest BCUT2D eigenvalue weighted by atomic mass is 9.93. The van der Waals surface area contributed by atoms with Gasteiger partial charge < -0.3 is 10.6 Å². The predicted octanol–water partition coefficient (Wildman–Crippen LogP) is 2.23. The lowest BCUT2D eigenvalue weighted by Gasteiger charge is -2.36. The molecule has 78 valence electrons. The van der Waals surface area contributed by atoms with Gasteiger partial charge in [-0.25, -0.2) is 0 Å². The van der Waals surface area contributed by atoms with E-state index in [0.29, 0.717) is 6.04 Å². The second-order valence-electron chi connectivity index (χ2n) is 4.13. The molecule has 0 amide bonds. The van der Waals surface area contributed by atoms with Crippen LogP contribution in [0.3, 0.4) is 0 Å². The van der Waals surface area contributed by atoms with Crippen molar-refractivity contribution in [3.8, 4) is 0 Å². The first-order chi connectivity index (χ1) is 6.79. The van der Waals surface area contributed by atoms with Crippen LogP contribution in [-0.4, -0.2) is 24.5 Å². The Bertz CT molecular complexity index is 271. The summed E-state index contributed by atoms with van der Waals surface area (Å²) in [6.45, 7) is 1.20. The van der Waals surface area contributed by atoms with Gasteiger partial charge >= 0.3 is 0 Å². The second kappa shape index (κ2) is 4.43. The number of rotatable bonds is 2. The zero-order valence-electron chi connectivity index (χ0n) is 8.65. The van der Waals surface area contributed by atoms with E-state index < -0.39 is 0 Å². The summed E-state index contributed by atoms with van der Waals surface area (Å²) >= 11 is 1.73. The number of piperidine rings is 1. The molecule has 2 heterocycles. The number of hydrogen-bond donors (Lipinski definition) is 1. The van der Waals surface area contributed by atoms with Gasteiger partial charge in [-0.05, 0) is 48.8 Å². The molecule has 1 aliphatic heterocycles. The van der Waals surface area contributed by atoms with Crippen molar-refractivity contribution in [3.63, 3.8) is 0 Å². The lowest BCUT2D eigenvalue weighted by molar-refractivity contribution is 0.160. The summed E-state index contributed by atoms with van der Waals surface area (Å²) < 4.78 is 0.